The summed E-state index contributed by atoms with van der Waals surface area (Å²) in [4.78, 5) is 30.2. The van der Waals surface area contributed by atoms with Gasteiger partial charge in [0, 0.05) is 31.8 Å². The van der Waals surface area contributed by atoms with Crippen LogP contribution in [0.2, 0.25) is 0 Å². The molecule has 2 unspecified atom stereocenters. The number of hydrogen-bond acceptors (Lipinski definition) is 24. The van der Waals surface area contributed by atoms with Gasteiger partial charge in [0.25, 0.3) is 0 Å². The van der Waals surface area contributed by atoms with Crippen LogP contribution >= 0.6 is 207 Å². The van der Waals surface area contributed by atoms with Gasteiger partial charge in [-0.25, -0.2) is 4.57 Å². The lowest BCUT2D eigenvalue weighted by Gasteiger charge is -2.33. The first-order chi connectivity index (χ1) is 18.5. The van der Waals surface area contributed by atoms with Gasteiger partial charge in [-0.2, -0.15) is 0 Å². The largest absolute Gasteiger partial charge is 0.469 e. The van der Waals surface area contributed by atoms with Crippen LogP contribution in [0.3, 0.4) is 0 Å². The zero-order valence-corrected chi connectivity index (χ0v) is 37.4. The van der Waals surface area contributed by atoms with Crippen molar-refractivity contribution < 1.29 is 32.9 Å². The van der Waals surface area contributed by atoms with Crippen LogP contribution in [-0.2, 0) is 18.6 Å². The molecule has 0 rings (SSSR count). The molecule has 28 heteroatoms. The second-order valence-corrected chi connectivity index (χ2v) is 41.5. The van der Waals surface area contributed by atoms with Crippen molar-refractivity contribution in [2.45, 2.75) is 19.4 Å². The summed E-state index contributed by atoms with van der Waals surface area (Å²) >= 11 is 4.07. The highest BCUT2D eigenvalue weighted by atomic mass is 34.1. The van der Waals surface area contributed by atoms with Crippen LogP contribution in [0.1, 0.15) is 13.3 Å². The van der Waals surface area contributed by atoms with E-state index >= 15 is 0 Å². The van der Waals surface area contributed by atoms with Gasteiger partial charge < -0.3 is 19.0 Å². The van der Waals surface area contributed by atoms with Crippen LogP contribution in [0.15, 0.2) is 0 Å². The molecule has 234 valence electrons. The Morgan fingerprint density at radius 2 is 1.21 bits per heavy atom. The Balaban J connectivity index is 3.60. The third kappa shape index (κ3) is 32.8. The van der Waals surface area contributed by atoms with Gasteiger partial charge in [-0.1, -0.05) is 29.4 Å². The number of phosphoric acid groups is 1. The SMILES string of the molecule is CC(CSSSSSSSSSSSSSSSSSSSS)C(=O)OCCC(COP(=O)(O)O)[N+](C)(C)C. The lowest BCUT2D eigenvalue weighted by atomic mass is 10.2. The molecule has 0 saturated heterocycles. The van der Waals surface area contributed by atoms with Gasteiger partial charge in [-0.15, -0.1) is 0 Å². The minimum absolute atomic E-state index is 0.112. The first kappa shape index (κ1) is 45.5. The Labute approximate surface area is 306 Å². The van der Waals surface area contributed by atoms with E-state index in [0.717, 1.165) is 0 Å². The first-order valence-electron chi connectivity index (χ1n) is 9.41. The maximum atomic E-state index is 12.3. The van der Waals surface area contributed by atoms with Crippen LogP contribution in [0.5, 0.6) is 0 Å². The predicted octanol–water partition coefficient (Wildman–Crippen LogP) is 13.0. The average Bonchev–Trinajstić information content (AvgIpc) is 2.85. The van der Waals surface area contributed by atoms with E-state index in [1.807, 2.05) is 28.1 Å². The quantitative estimate of drug-likeness (QED) is 0.0173. The Kier molecular flexibility index (Phi) is 35.7. The molecule has 0 amide bonds. The summed E-state index contributed by atoms with van der Waals surface area (Å²) in [5.41, 5.74) is 0. The number of ether oxygens (including phenoxy) is 1. The molecule has 0 aliphatic heterocycles. The summed E-state index contributed by atoms with van der Waals surface area (Å²) in [5, 5.41) is 0. The molecule has 0 bridgehead atoms. The number of carbonyl (C=O) groups is 1. The van der Waals surface area contributed by atoms with Crippen molar-refractivity contribution in [3.8, 4) is 0 Å². The highest BCUT2D eigenvalue weighted by Crippen LogP contribution is 2.64. The summed E-state index contributed by atoms with van der Waals surface area (Å²) in [7, 11) is 33.7. The number of carbonyl (C=O) groups excluding carboxylic acids is 1. The topological polar surface area (TPSA) is 93.1 Å². The smallest absolute Gasteiger partial charge is 0.465 e. The molecular weight excluding hydrogens is 914 g/mol. The zero-order chi connectivity index (χ0) is 29.4. The molecule has 0 aromatic rings. The van der Waals surface area contributed by atoms with E-state index in [1.165, 1.54) is 9.83 Å². The van der Waals surface area contributed by atoms with Crippen LogP contribution < -0.4 is 0 Å². The Morgan fingerprint density at radius 1 is 0.795 bits per heavy atom. The second kappa shape index (κ2) is 30.6. The van der Waals surface area contributed by atoms with Crippen LogP contribution in [-0.4, -0.2) is 66.4 Å². The molecule has 0 aliphatic carbocycles. The minimum atomic E-state index is -4.53. The summed E-state index contributed by atoms with van der Waals surface area (Å²) in [5.74, 6) is 0.136. The average molecular weight is 940 g/mol. The lowest BCUT2D eigenvalue weighted by Crippen LogP contribution is -2.48. The molecule has 0 spiro atoms. The van der Waals surface area contributed by atoms with Gasteiger partial charge >= 0.3 is 13.8 Å². The number of quaternary nitrogens is 1. The van der Waals surface area contributed by atoms with Gasteiger partial charge in [-0.05, 0) is 157 Å². The molecule has 0 aliphatic rings. The number of hydrogen-bond donors (Lipinski definition) is 3. The molecule has 39 heavy (non-hydrogen) atoms. The predicted molar refractivity (Wildman–Crippen MR) is 223 cm³/mol. The fourth-order valence-electron chi connectivity index (χ4n) is 1.72. The van der Waals surface area contributed by atoms with E-state index in [-0.39, 0.29) is 31.1 Å². The summed E-state index contributed by atoms with van der Waals surface area (Å²) < 4.78 is 21.5. The van der Waals surface area contributed by atoms with E-state index in [9.17, 15) is 9.36 Å². The highest BCUT2D eigenvalue weighted by molar-refractivity contribution is 9.58. The van der Waals surface area contributed by atoms with Gasteiger partial charge in [0.2, 0.25) is 0 Å². The number of thiol groups is 1. The van der Waals surface area contributed by atoms with Crippen LogP contribution in [0.25, 0.3) is 0 Å². The zero-order valence-electron chi connectivity index (χ0n) is 20.1. The number of phosphoric ester groups is 1. The van der Waals surface area contributed by atoms with E-state index in [0.29, 0.717) is 16.7 Å². The third-order valence-electron chi connectivity index (χ3n) is 3.47. The minimum Gasteiger partial charge on any atom is -0.465 e. The van der Waals surface area contributed by atoms with Crippen molar-refractivity contribution in [1.29, 1.82) is 0 Å². The normalized spacial score (nSPS) is 13.9. The first-order valence-corrected chi connectivity index (χ1v) is 37.0. The lowest BCUT2D eigenvalue weighted by molar-refractivity contribution is -0.896. The van der Waals surface area contributed by atoms with Gasteiger partial charge in [-0.3, -0.25) is 9.32 Å². The number of esters is 1. The molecule has 0 aromatic carbocycles. The summed E-state index contributed by atoms with van der Waals surface area (Å²) in [6.07, 6.45) is 0.447. The Hall–Kier alpha value is 6.54. The van der Waals surface area contributed by atoms with E-state index < -0.39 is 7.82 Å². The molecule has 0 saturated carbocycles. The van der Waals surface area contributed by atoms with Gasteiger partial charge in [0.1, 0.15) is 12.6 Å². The molecule has 0 radical (unpaired) electrons. The standard InChI is InChI=1S/C11H24NO6PS20/c1-9(11(13)17-6-5-10(12(2,3)4)7-18-19(14,15)16)8-21-23-25-27-29-31-33-35-37-39-38-36-34-32-30-28-26-24-22-20/h9-10H,5-8H2,1-4H3,(H2-,14,15,16,20)/p+1. The summed E-state index contributed by atoms with van der Waals surface area (Å²) in [6, 6.07) is -0.214. The maximum absolute atomic E-state index is 12.3. The number of nitrogens with zero attached hydrogens (tertiary/aromatic N) is 1. The maximum Gasteiger partial charge on any atom is 0.469 e. The van der Waals surface area contributed by atoms with Crippen molar-refractivity contribution in [1.82, 2.24) is 0 Å². The van der Waals surface area contributed by atoms with Gasteiger partial charge in [0.15, 0.2) is 0 Å². The van der Waals surface area contributed by atoms with E-state index in [2.05, 4.69) is 16.2 Å². The second-order valence-electron chi connectivity index (χ2n) is 6.93. The fraction of sp³-hybridized carbons (Fsp3) is 0.909. The third-order valence-corrected chi connectivity index (χ3v) is 44.2. The van der Waals surface area contributed by atoms with Crippen molar-refractivity contribution in [3.63, 3.8) is 0 Å². The Bertz CT molecular complexity index is 648. The summed E-state index contributed by atoms with van der Waals surface area (Å²) in [6.45, 7) is 1.91. The van der Waals surface area contributed by atoms with Crippen molar-refractivity contribution in [2.75, 3.05) is 40.1 Å². The molecular formula is C11H25NO6PS20+. The number of rotatable bonds is 28. The number of likely N-dealkylation sites (N-methyl/N-ethyl adjacent to an activating group) is 1. The van der Waals surface area contributed by atoms with Crippen molar-refractivity contribution in [2.24, 2.45) is 5.92 Å². The fourth-order valence-corrected chi connectivity index (χ4v) is 49.5. The molecule has 2 atom stereocenters. The molecule has 2 N–H and O–H groups in total. The highest BCUT2D eigenvalue weighted by Gasteiger charge is 2.28. The van der Waals surface area contributed by atoms with Gasteiger partial charge in [0.05, 0.1) is 33.7 Å². The van der Waals surface area contributed by atoms with Crippen LogP contribution in [0, 0.1) is 5.92 Å². The van der Waals surface area contributed by atoms with Crippen molar-refractivity contribution in [3.05, 3.63) is 0 Å². The molecule has 0 aromatic heterocycles. The molecule has 0 heterocycles. The van der Waals surface area contributed by atoms with E-state index in [4.69, 9.17) is 14.5 Å². The monoisotopic (exact) mass is 938 g/mol. The van der Waals surface area contributed by atoms with Crippen LogP contribution in [0.4, 0.5) is 0 Å². The molecule has 7 nitrogen and oxygen atoms in total. The molecule has 0 fully saturated rings. The van der Waals surface area contributed by atoms with E-state index in [1.54, 1.807) is 178 Å². The van der Waals surface area contributed by atoms with Crippen molar-refractivity contribution >= 4 is 213 Å². The Morgan fingerprint density at radius 3 is 1.59 bits per heavy atom.